The molecule has 9 nitrogen and oxygen atoms in total. The second-order valence-electron chi connectivity index (χ2n) is 12.4. The summed E-state index contributed by atoms with van der Waals surface area (Å²) >= 11 is 5.93. The predicted octanol–water partition coefficient (Wildman–Crippen LogP) is 5.66. The molecule has 7 rings (SSSR count). The van der Waals surface area contributed by atoms with Crippen molar-refractivity contribution >= 4 is 34.8 Å². The van der Waals surface area contributed by atoms with Crippen LogP contribution >= 0.6 is 11.6 Å². The number of halogens is 3. The van der Waals surface area contributed by atoms with Gasteiger partial charge in [-0.1, -0.05) is 29.8 Å². The molecule has 1 saturated carbocycles. The number of para-hydroxylation sites is 1. The molecule has 2 aromatic heterocycles. The van der Waals surface area contributed by atoms with E-state index in [9.17, 15) is 18.4 Å². The Hall–Kier alpha value is -3.57. The Morgan fingerprint density at radius 3 is 2.66 bits per heavy atom. The van der Waals surface area contributed by atoms with Crippen LogP contribution in [0.3, 0.4) is 0 Å². The molecule has 1 spiro atoms. The monoisotopic (exact) mass is 624 g/mol. The number of nitrogens with zero attached hydrogens (tertiary/aromatic N) is 5. The number of hydrogen-bond acceptors (Lipinski definition) is 6. The summed E-state index contributed by atoms with van der Waals surface area (Å²) in [5.74, 6) is -0.179. The van der Waals surface area contributed by atoms with Crippen molar-refractivity contribution < 1.29 is 23.1 Å². The van der Waals surface area contributed by atoms with Gasteiger partial charge in [0.05, 0.1) is 28.7 Å². The molecule has 12 heteroatoms. The number of aromatic nitrogens is 3. The highest BCUT2D eigenvalue weighted by molar-refractivity contribution is 6.30. The highest BCUT2D eigenvalue weighted by Crippen LogP contribution is 2.49. The van der Waals surface area contributed by atoms with Crippen molar-refractivity contribution in [2.24, 2.45) is 5.92 Å². The van der Waals surface area contributed by atoms with Crippen LogP contribution in [0.2, 0.25) is 5.02 Å². The summed E-state index contributed by atoms with van der Waals surface area (Å²) in [6, 6.07) is 9.19. The van der Waals surface area contributed by atoms with Gasteiger partial charge < -0.3 is 19.9 Å². The number of carbonyl (C=O) groups excluding carboxylic acids is 2. The zero-order valence-electron chi connectivity index (χ0n) is 24.3. The van der Waals surface area contributed by atoms with E-state index in [2.05, 4.69) is 26.4 Å². The van der Waals surface area contributed by atoms with Gasteiger partial charge in [-0.25, -0.2) is 13.5 Å². The van der Waals surface area contributed by atoms with Crippen LogP contribution in [0.15, 0.2) is 48.9 Å². The zero-order chi connectivity index (χ0) is 30.4. The van der Waals surface area contributed by atoms with Gasteiger partial charge >= 0.3 is 0 Å². The molecule has 3 aliphatic heterocycles. The Morgan fingerprint density at radius 2 is 1.91 bits per heavy atom. The molecule has 3 aromatic rings. The summed E-state index contributed by atoms with van der Waals surface area (Å²) in [5.41, 5.74) is 1.73. The fourth-order valence-corrected chi connectivity index (χ4v) is 7.43. The third-order valence-corrected chi connectivity index (χ3v) is 9.86. The molecule has 44 heavy (non-hydrogen) atoms. The summed E-state index contributed by atoms with van der Waals surface area (Å²) in [6.45, 7) is 2.58. The summed E-state index contributed by atoms with van der Waals surface area (Å²) < 4.78 is 34.6. The van der Waals surface area contributed by atoms with Crippen LogP contribution in [0.4, 0.5) is 20.2 Å². The molecule has 2 amide bonds. The SMILES string of the molecule is O=C(NC1CCC(CN2C(=O)C3(CN(c4cnn(C5CCCCO5)c4)C3)c3ccccc32)CC1)c1cc(Cl)cnc1C(F)F. The Bertz CT molecular complexity index is 1550. The minimum atomic E-state index is -2.87. The lowest BCUT2D eigenvalue weighted by atomic mass is 9.74. The largest absolute Gasteiger partial charge is 0.366 e. The number of amides is 2. The van der Waals surface area contributed by atoms with Gasteiger partial charge in [0.1, 0.15) is 17.3 Å². The minimum absolute atomic E-state index is 0.0237. The highest BCUT2D eigenvalue weighted by atomic mass is 35.5. The normalized spacial score (nSPS) is 24.5. The fraction of sp³-hybridized carbons (Fsp3) is 0.500. The molecule has 1 aliphatic carbocycles. The lowest BCUT2D eigenvalue weighted by molar-refractivity contribution is -0.124. The van der Waals surface area contributed by atoms with Crippen LogP contribution in [0.1, 0.15) is 79.2 Å². The Kier molecular flexibility index (Phi) is 7.78. The van der Waals surface area contributed by atoms with Gasteiger partial charge in [0.15, 0.2) is 0 Å². The highest BCUT2D eigenvalue weighted by Gasteiger charge is 2.58. The number of anilines is 2. The fourth-order valence-electron chi connectivity index (χ4n) is 7.27. The van der Waals surface area contributed by atoms with Gasteiger partial charge in [-0.15, -0.1) is 0 Å². The van der Waals surface area contributed by atoms with E-state index in [0.717, 1.165) is 61.8 Å². The number of carbonyl (C=O) groups is 2. The van der Waals surface area contributed by atoms with E-state index in [4.69, 9.17) is 16.3 Å². The third-order valence-electron chi connectivity index (χ3n) is 9.65. The van der Waals surface area contributed by atoms with E-state index in [-0.39, 0.29) is 34.7 Å². The van der Waals surface area contributed by atoms with Crippen LogP contribution in [0.5, 0.6) is 0 Å². The number of rotatable bonds is 7. The van der Waals surface area contributed by atoms with Gasteiger partial charge in [-0.3, -0.25) is 14.6 Å². The van der Waals surface area contributed by atoms with E-state index in [0.29, 0.717) is 32.5 Å². The first-order valence-electron chi connectivity index (χ1n) is 15.4. The standard InChI is InChI=1S/C32H35ClF2N6O3/c33-21-13-24(28(29(34)35)36-14-21)30(42)38-22-10-8-20(9-11-22)16-40-26-6-2-1-5-25(26)32(31(40)43)18-39(19-32)23-15-37-41(17-23)27-7-3-4-12-44-27/h1-2,5-6,13-15,17,20,22,27,29H,3-4,7-12,16,18-19H2,(H,38,42). The lowest BCUT2D eigenvalue weighted by Crippen LogP contribution is -2.64. The first-order valence-corrected chi connectivity index (χ1v) is 15.8. The van der Waals surface area contributed by atoms with Gasteiger partial charge in [0.25, 0.3) is 12.3 Å². The number of alkyl halides is 2. The third kappa shape index (κ3) is 5.23. The van der Waals surface area contributed by atoms with Gasteiger partial charge in [-0.05, 0) is 68.6 Å². The molecule has 2 saturated heterocycles. The Morgan fingerprint density at radius 1 is 1.11 bits per heavy atom. The maximum Gasteiger partial charge on any atom is 0.281 e. The average molecular weight is 625 g/mol. The van der Waals surface area contributed by atoms with Gasteiger partial charge in [-0.2, -0.15) is 5.10 Å². The molecule has 0 radical (unpaired) electrons. The molecular weight excluding hydrogens is 590 g/mol. The van der Waals surface area contributed by atoms with E-state index >= 15 is 0 Å². The van der Waals surface area contributed by atoms with Crippen LogP contribution in [-0.4, -0.2) is 58.9 Å². The minimum Gasteiger partial charge on any atom is -0.366 e. The number of benzene rings is 1. The number of pyridine rings is 1. The lowest BCUT2D eigenvalue weighted by Gasteiger charge is -2.47. The molecule has 1 atom stereocenters. The molecule has 3 fully saturated rings. The van der Waals surface area contributed by atoms with Crippen LogP contribution in [-0.2, 0) is 14.9 Å². The van der Waals surface area contributed by atoms with Gasteiger partial charge in [0.2, 0.25) is 5.91 Å². The van der Waals surface area contributed by atoms with Crippen molar-refractivity contribution in [3.8, 4) is 0 Å². The van der Waals surface area contributed by atoms with Crippen molar-refractivity contribution in [2.75, 3.05) is 36.0 Å². The number of fused-ring (bicyclic) bond motifs is 2. The maximum atomic E-state index is 14.1. The van der Waals surface area contributed by atoms with Crippen LogP contribution < -0.4 is 15.1 Å². The van der Waals surface area contributed by atoms with Crippen molar-refractivity contribution in [1.29, 1.82) is 0 Å². The number of ether oxygens (including phenoxy) is 1. The van der Waals surface area contributed by atoms with Crippen LogP contribution in [0.25, 0.3) is 0 Å². The summed E-state index contributed by atoms with van der Waals surface area (Å²) in [4.78, 5) is 34.8. The molecule has 1 N–H and O–H groups in total. The second-order valence-corrected chi connectivity index (χ2v) is 12.9. The van der Waals surface area contributed by atoms with Crippen molar-refractivity contribution in [3.63, 3.8) is 0 Å². The first kappa shape index (κ1) is 29.2. The van der Waals surface area contributed by atoms with E-state index < -0.39 is 23.4 Å². The van der Waals surface area contributed by atoms with Crippen molar-refractivity contribution in [3.05, 3.63) is 70.8 Å². The first-order chi connectivity index (χ1) is 21.3. The summed E-state index contributed by atoms with van der Waals surface area (Å²) in [5, 5.41) is 7.59. The number of nitrogens with one attached hydrogen (secondary N) is 1. The molecule has 232 valence electrons. The average Bonchev–Trinajstić information content (AvgIpc) is 3.59. The van der Waals surface area contributed by atoms with E-state index in [1.54, 1.807) is 0 Å². The zero-order valence-corrected chi connectivity index (χ0v) is 25.1. The molecule has 0 bridgehead atoms. The molecule has 1 aromatic carbocycles. The van der Waals surface area contributed by atoms with E-state index in [1.165, 1.54) is 6.07 Å². The smallest absolute Gasteiger partial charge is 0.281 e. The maximum absolute atomic E-state index is 14.1. The predicted molar refractivity (Wildman–Crippen MR) is 161 cm³/mol. The molecule has 5 heterocycles. The summed E-state index contributed by atoms with van der Waals surface area (Å²) in [6.07, 6.45) is 8.32. The van der Waals surface area contributed by atoms with Gasteiger partial charge in [0, 0.05) is 44.2 Å². The Balaban J connectivity index is 0.979. The van der Waals surface area contributed by atoms with Crippen molar-refractivity contribution in [2.45, 2.75) is 69.1 Å². The quantitative estimate of drug-likeness (QED) is 0.365. The molecule has 4 aliphatic rings. The molecular formula is C32H35ClF2N6O3. The van der Waals surface area contributed by atoms with Crippen molar-refractivity contribution in [1.82, 2.24) is 20.1 Å². The molecule has 1 unspecified atom stereocenters. The topological polar surface area (TPSA) is 92.6 Å². The summed E-state index contributed by atoms with van der Waals surface area (Å²) in [7, 11) is 0. The Labute approximate surface area is 259 Å². The second kappa shape index (κ2) is 11.7. The van der Waals surface area contributed by atoms with E-state index in [1.807, 2.05) is 40.2 Å². The number of hydrogen-bond donors (Lipinski definition) is 1. The van der Waals surface area contributed by atoms with Crippen LogP contribution in [0, 0.1) is 5.92 Å².